The van der Waals surface area contributed by atoms with Gasteiger partial charge >= 0.3 is 5.97 Å². The lowest BCUT2D eigenvalue weighted by atomic mass is 9.85. The first-order chi connectivity index (χ1) is 7.65. The first-order valence-electron chi connectivity index (χ1n) is 4.93. The third kappa shape index (κ3) is 3.40. The molecule has 1 aliphatic heterocycles. The molecule has 2 unspecified atom stereocenters. The average Bonchev–Trinajstić information content (AvgIpc) is 2.45. The fraction of sp³-hybridized carbons (Fsp3) is 0.778. The Hall–Kier alpha value is -1.15. The molecule has 0 aromatic rings. The zero-order valence-electron chi connectivity index (χ0n) is 9.60. The second-order valence-corrected chi connectivity index (χ2v) is 6.57. The zero-order valence-corrected chi connectivity index (χ0v) is 10.4. The normalized spacial score (nSPS) is 28.9. The summed E-state index contributed by atoms with van der Waals surface area (Å²) in [7, 11) is -3.42. The number of carboxylic acid groups (broad SMARTS) is 1. The van der Waals surface area contributed by atoms with Gasteiger partial charge in [0, 0.05) is 6.26 Å². The van der Waals surface area contributed by atoms with Gasteiger partial charge in [0.2, 0.25) is 5.91 Å². The lowest BCUT2D eigenvalue weighted by molar-refractivity contribution is -0.148. The van der Waals surface area contributed by atoms with Crippen LogP contribution in [0.5, 0.6) is 0 Å². The Kier molecular flexibility index (Phi) is 3.78. The smallest absolute Gasteiger partial charge is 0.313 e. The van der Waals surface area contributed by atoms with Crippen LogP contribution in [0, 0.1) is 5.41 Å². The van der Waals surface area contributed by atoms with Crippen LogP contribution in [-0.2, 0) is 24.2 Å². The van der Waals surface area contributed by atoms with Crippen LogP contribution in [0.15, 0.2) is 0 Å². The number of nitrogens with one attached hydrogen (secondary N) is 1. The Morgan fingerprint density at radius 2 is 2.12 bits per heavy atom. The lowest BCUT2D eigenvalue weighted by Crippen LogP contribution is -2.50. The molecule has 1 aliphatic rings. The standard InChI is InChI=1S/C9H15NO6S/c1-9(8(12)13)5-16-3-6(9)10-7(11)4-17(2,14)15/h6H,3-5H2,1-2H3,(H,10,11)(H,12,13). The van der Waals surface area contributed by atoms with Crippen molar-refractivity contribution in [3.8, 4) is 0 Å². The lowest BCUT2D eigenvalue weighted by Gasteiger charge is -2.25. The fourth-order valence-electron chi connectivity index (χ4n) is 1.56. The summed E-state index contributed by atoms with van der Waals surface area (Å²) < 4.78 is 26.8. The van der Waals surface area contributed by atoms with Crippen LogP contribution in [0.3, 0.4) is 0 Å². The summed E-state index contributed by atoms with van der Waals surface area (Å²) in [5.74, 6) is -2.45. The monoisotopic (exact) mass is 265 g/mol. The molecule has 7 nitrogen and oxygen atoms in total. The number of aliphatic carboxylic acids is 1. The van der Waals surface area contributed by atoms with E-state index in [-0.39, 0.29) is 13.2 Å². The van der Waals surface area contributed by atoms with Crippen LogP contribution >= 0.6 is 0 Å². The van der Waals surface area contributed by atoms with Gasteiger partial charge in [-0.15, -0.1) is 0 Å². The van der Waals surface area contributed by atoms with Gasteiger partial charge in [0.15, 0.2) is 9.84 Å². The van der Waals surface area contributed by atoms with E-state index in [4.69, 9.17) is 9.84 Å². The molecule has 98 valence electrons. The number of ether oxygens (including phenoxy) is 1. The van der Waals surface area contributed by atoms with Crippen LogP contribution < -0.4 is 5.32 Å². The minimum absolute atomic E-state index is 0.00778. The van der Waals surface area contributed by atoms with Crippen molar-refractivity contribution < 1.29 is 27.9 Å². The molecule has 0 radical (unpaired) electrons. The van der Waals surface area contributed by atoms with Crippen LogP contribution in [-0.4, -0.2) is 56.7 Å². The Labute approximate surface area is 99.1 Å². The molecule has 0 saturated carbocycles. The van der Waals surface area contributed by atoms with Crippen molar-refractivity contribution in [1.29, 1.82) is 0 Å². The maximum Gasteiger partial charge on any atom is 0.313 e. The minimum Gasteiger partial charge on any atom is -0.481 e. The largest absolute Gasteiger partial charge is 0.481 e. The van der Waals surface area contributed by atoms with E-state index in [9.17, 15) is 18.0 Å². The molecular weight excluding hydrogens is 250 g/mol. The third-order valence-corrected chi connectivity index (χ3v) is 3.46. The van der Waals surface area contributed by atoms with E-state index in [2.05, 4.69) is 5.32 Å². The number of hydrogen-bond acceptors (Lipinski definition) is 5. The number of carbonyl (C=O) groups is 2. The summed E-state index contributed by atoms with van der Waals surface area (Å²) in [6.07, 6.45) is 0.939. The molecule has 1 rings (SSSR count). The molecule has 0 spiro atoms. The van der Waals surface area contributed by atoms with Crippen molar-refractivity contribution in [3.63, 3.8) is 0 Å². The first kappa shape index (κ1) is 13.9. The number of carboxylic acids is 1. The topological polar surface area (TPSA) is 110 Å². The van der Waals surface area contributed by atoms with Crippen molar-refractivity contribution in [2.24, 2.45) is 5.41 Å². The predicted octanol–water partition coefficient (Wildman–Crippen LogP) is -1.36. The van der Waals surface area contributed by atoms with Gasteiger partial charge in [-0.2, -0.15) is 0 Å². The minimum atomic E-state index is -3.42. The van der Waals surface area contributed by atoms with E-state index in [1.165, 1.54) is 6.92 Å². The van der Waals surface area contributed by atoms with E-state index >= 15 is 0 Å². The molecule has 0 aliphatic carbocycles. The van der Waals surface area contributed by atoms with Crippen LogP contribution in [0.25, 0.3) is 0 Å². The highest BCUT2D eigenvalue weighted by Gasteiger charge is 2.47. The highest BCUT2D eigenvalue weighted by molar-refractivity contribution is 7.91. The number of hydrogen-bond donors (Lipinski definition) is 2. The summed E-state index contributed by atoms with van der Waals surface area (Å²) in [4.78, 5) is 22.4. The van der Waals surface area contributed by atoms with Crippen molar-refractivity contribution in [1.82, 2.24) is 5.32 Å². The van der Waals surface area contributed by atoms with Gasteiger partial charge in [-0.25, -0.2) is 8.42 Å². The van der Waals surface area contributed by atoms with Crippen LogP contribution in [0.2, 0.25) is 0 Å². The highest BCUT2D eigenvalue weighted by atomic mass is 32.2. The molecule has 1 saturated heterocycles. The zero-order chi connectivity index (χ0) is 13.3. The summed E-state index contributed by atoms with van der Waals surface area (Å²) >= 11 is 0. The number of sulfone groups is 1. The maximum absolute atomic E-state index is 11.4. The SMILES string of the molecule is CC1(C(=O)O)COCC1NC(=O)CS(C)(=O)=O. The number of carbonyl (C=O) groups excluding carboxylic acids is 1. The summed E-state index contributed by atoms with van der Waals surface area (Å²) in [5.41, 5.74) is -1.22. The summed E-state index contributed by atoms with van der Waals surface area (Å²) in [6, 6.07) is -0.714. The van der Waals surface area contributed by atoms with E-state index in [0.717, 1.165) is 6.26 Å². The molecule has 0 bridgehead atoms. The molecule has 0 aromatic carbocycles. The van der Waals surface area contributed by atoms with Crippen molar-refractivity contribution in [3.05, 3.63) is 0 Å². The Morgan fingerprint density at radius 3 is 2.59 bits per heavy atom. The maximum atomic E-state index is 11.4. The summed E-state index contributed by atoms with van der Waals surface area (Å²) in [6.45, 7) is 1.51. The number of amides is 1. The average molecular weight is 265 g/mol. The second-order valence-electron chi connectivity index (χ2n) is 4.43. The second kappa shape index (κ2) is 4.61. The first-order valence-corrected chi connectivity index (χ1v) is 6.99. The van der Waals surface area contributed by atoms with Gasteiger partial charge in [-0.3, -0.25) is 9.59 Å². The molecule has 1 heterocycles. The van der Waals surface area contributed by atoms with Gasteiger partial charge < -0.3 is 15.2 Å². The van der Waals surface area contributed by atoms with Gasteiger partial charge in [-0.05, 0) is 6.92 Å². The molecule has 2 N–H and O–H groups in total. The van der Waals surface area contributed by atoms with Crippen molar-refractivity contribution >= 4 is 21.7 Å². The Morgan fingerprint density at radius 1 is 1.53 bits per heavy atom. The van der Waals surface area contributed by atoms with E-state index in [1.807, 2.05) is 0 Å². The predicted molar refractivity (Wildman–Crippen MR) is 58.2 cm³/mol. The number of rotatable bonds is 4. The molecule has 17 heavy (non-hydrogen) atoms. The van der Waals surface area contributed by atoms with Crippen LogP contribution in [0.1, 0.15) is 6.92 Å². The molecule has 2 atom stereocenters. The molecule has 1 amide bonds. The van der Waals surface area contributed by atoms with Gasteiger partial charge in [-0.1, -0.05) is 0 Å². The van der Waals surface area contributed by atoms with E-state index in [1.54, 1.807) is 0 Å². The molecule has 0 aromatic heterocycles. The van der Waals surface area contributed by atoms with Gasteiger partial charge in [0.05, 0.1) is 19.3 Å². The van der Waals surface area contributed by atoms with E-state index < -0.39 is 38.9 Å². The highest BCUT2D eigenvalue weighted by Crippen LogP contribution is 2.28. The fourth-order valence-corrected chi connectivity index (χ4v) is 2.12. The Bertz CT molecular complexity index is 431. The van der Waals surface area contributed by atoms with Crippen LogP contribution in [0.4, 0.5) is 0 Å². The van der Waals surface area contributed by atoms with Crippen molar-refractivity contribution in [2.75, 3.05) is 25.2 Å². The molecule has 8 heteroatoms. The molecule has 1 fully saturated rings. The van der Waals surface area contributed by atoms with Gasteiger partial charge in [0.1, 0.15) is 11.2 Å². The molecular formula is C9H15NO6S. The third-order valence-electron chi connectivity index (χ3n) is 2.67. The summed E-state index contributed by atoms with van der Waals surface area (Å²) in [5, 5.41) is 11.4. The quantitative estimate of drug-likeness (QED) is 0.649. The van der Waals surface area contributed by atoms with E-state index in [0.29, 0.717) is 0 Å². The van der Waals surface area contributed by atoms with Crippen molar-refractivity contribution in [2.45, 2.75) is 13.0 Å². The van der Waals surface area contributed by atoms with Gasteiger partial charge in [0.25, 0.3) is 0 Å². The Balaban J connectivity index is 2.69.